The number of nitrogens with one attached hydrogen (secondary N) is 1. The molecule has 2 N–H and O–H groups in total. The number of aliphatic carboxylic acids is 1. The van der Waals surface area contributed by atoms with Gasteiger partial charge in [0, 0.05) is 31.6 Å². The lowest BCUT2D eigenvalue weighted by Crippen LogP contribution is -2.41. The first-order valence-corrected chi connectivity index (χ1v) is 8.50. The van der Waals surface area contributed by atoms with Crippen LogP contribution in [0.3, 0.4) is 0 Å². The van der Waals surface area contributed by atoms with Crippen LogP contribution in [0.15, 0.2) is 24.3 Å². The Hall–Kier alpha value is -2.41. The quantitative estimate of drug-likeness (QED) is 0.697. The number of unbranched alkanes of at least 4 members (excludes halogenated alkanes) is 1. The topological polar surface area (TPSA) is 95.9 Å². The maximum atomic E-state index is 12.2. The summed E-state index contributed by atoms with van der Waals surface area (Å²) in [4.78, 5) is 36.2. The van der Waals surface area contributed by atoms with E-state index in [0.29, 0.717) is 57.7 Å². The third-order valence-corrected chi connectivity index (χ3v) is 4.00. The van der Waals surface area contributed by atoms with Gasteiger partial charge in [0.25, 0.3) is 0 Å². The summed E-state index contributed by atoms with van der Waals surface area (Å²) in [6, 6.07) is 7.21. The van der Waals surface area contributed by atoms with Crippen molar-refractivity contribution in [2.75, 3.05) is 31.6 Å². The standard InChI is InChI=1S/C18H24N2O5/c21-16(3-1-2-4-18(23)24)19-15-7-5-14(6-8-15)13-17(22)20-9-11-25-12-10-20/h5-8H,1-4,9-13H2,(H,19,21)(H,23,24). The minimum Gasteiger partial charge on any atom is -0.481 e. The van der Waals surface area contributed by atoms with Crippen LogP contribution >= 0.6 is 0 Å². The van der Waals surface area contributed by atoms with Crippen LogP contribution in [-0.4, -0.2) is 54.1 Å². The monoisotopic (exact) mass is 348 g/mol. The first-order chi connectivity index (χ1) is 12.0. The Morgan fingerprint density at radius 1 is 1.04 bits per heavy atom. The predicted molar refractivity (Wildman–Crippen MR) is 92.3 cm³/mol. The summed E-state index contributed by atoms with van der Waals surface area (Å²) in [5.74, 6) is -0.899. The van der Waals surface area contributed by atoms with Gasteiger partial charge in [-0.2, -0.15) is 0 Å². The fourth-order valence-electron chi connectivity index (χ4n) is 2.59. The number of morpholine rings is 1. The first kappa shape index (κ1) is 18.9. The van der Waals surface area contributed by atoms with Crippen LogP contribution in [0.4, 0.5) is 5.69 Å². The van der Waals surface area contributed by atoms with Crippen LogP contribution in [0.5, 0.6) is 0 Å². The number of anilines is 1. The van der Waals surface area contributed by atoms with E-state index in [1.165, 1.54) is 0 Å². The summed E-state index contributed by atoms with van der Waals surface area (Å²) in [5, 5.41) is 11.3. The minimum absolute atomic E-state index is 0.0820. The van der Waals surface area contributed by atoms with Crippen molar-refractivity contribution in [3.63, 3.8) is 0 Å². The maximum Gasteiger partial charge on any atom is 0.303 e. The van der Waals surface area contributed by atoms with Crippen molar-refractivity contribution in [2.24, 2.45) is 0 Å². The number of hydrogen-bond acceptors (Lipinski definition) is 4. The molecule has 1 fully saturated rings. The fourth-order valence-corrected chi connectivity index (χ4v) is 2.59. The molecule has 7 nitrogen and oxygen atoms in total. The van der Waals surface area contributed by atoms with E-state index in [2.05, 4.69) is 5.32 Å². The van der Waals surface area contributed by atoms with Gasteiger partial charge in [-0.25, -0.2) is 0 Å². The smallest absolute Gasteiger partial charge is 0.303 e. The molecule has 136 valence electrons. The summed E-state index contributed by atoms with van der Waals surface area (Å²) in [6.07, 6.45) is 1.75. The molecule has 1 aliphatic heterocycles. The van der Waals surface area contributed by atoms with Gasteiger partial charge in [0.05, 0.1) is 19.6 Å². The molecule has 1 saturated heterocycles. The van der Waals surface area contributed by atoms with Crippen LogP contribution in [0, 0.1) is 0 Å². The summed E-state index contributed by atoms with van der Waals surface area (Å²) in [6.45, 7) is 2.44. The highest BCUT2D eigenvalue weighted by molar-refractivity contribution is 5.90. The van der Waals surface area contributed by atoms with E-state index in [9.17, 15) is 14.4 Å². The van der Waals surface area contributed by atoms with Crippen LogP contribution in [0.2, 0.25) is 0 Å². The van der Waals surface area contributed by atoms with E-state index >= 15 is 0 Å². The summed E-state index contributed by atoms with van der Waals surface area (Å²) in [7, 11) is 0. The Labute approximate surface area is 147 Å². The zero-order chi connectivity index (χ0) is 18.1. The molecule has 0 spiro atoms. The number of carboxylic acids is 1. The zero-order valence-electron chi connectivity index (χ0n) is 14.2. The molecule has 0 radical (unpaired) electrons. The molecular weight excluding hydrogens is 324 g/mol. The molecule has 1 aliphatic rings. The number of rotatable bonds is 8. The molecule has 0 atom stereocenters. The summed E-state index contributed by atoms with van der Waals surface area (Å²) >= 11 is 0. The number of carbonyl (C=O) groups is 3. The average molecular weight is 348 g/mol. The van der Waals surface area contributed by atoms with Gasteiger partial charge in [0.1, 0.15) is 0 Å². The van der Waals surface area contributed by atoms with Gasteiger partial charge in [-0.1, -0.05) is 12.1 Å². The Morgan fingerprint density at radius 2 is 1.68 bits per heavy atom. The van der Waals surface area contributed by atoms with Gasteiger partial charge in [0.15, 0.2) is 0 Å². The van der Waals surface area contributed by atoms with Crippen molar-refractivity contribution in [2.45, 2.75) is 32.1 Å². The molecule has 1 aromatic rings. The summed E-state index contributed by atoms with van der Waals surface area (Å²) in [5.41, 5.74) is 1.57. The average Bonchev–Trinajstić information content (AvgIpc) is 2.61. The predicted octanol–water partition coefficient (Wildman–Crippen LogP) is 1.67. The number of amides is 2. The number of carbonyl (C=O) groups excluding carboxylic acids is 2. The van der Waals surface area contributed by atoms with Gasteiger partial charge in [-0.05, 0) is 30.5 Å². The molecule has 0 bridgehead atoms. The molecule has 0 saturated carbocycles. The van der Waals surface area contributed by atoms with Crippen LogP contribution in [-0.2, 0) is 25.5 Å². The molecule has 1 aromatic carbocycles. The van der Waals surface area contributed by atoms with Crippen LogP contribution in [0.25, 0.3) is 0 Å². The SMILES string of the molecule is O=C(O)CCCCC(=O)Nc1ccc(CC(=O)N2CCOCC2)cc1. The maximum absolute atomic E-state index is 12.2. The highest BCUT2D eigenvalue weighted by Crippen LogP contribution is 2.12. The second kappa shape index (κ2) is 9.78. The Balaban J connectivity index is 1.74. The number of carboxylic acid groups (broad SMARTS) is 1. The van der Waals surface area contributed by atoms with Crippen molar-refractivity contribution in [3.05, 3.63) is 29.8 Å². The van der Waals surface area contributed by atoms with Gasteiger partial charge in [0.2, 0.25) is 11.8 Å². The zero-order valence-corrected chi connectivity index (χ0v) is 14.2. The third-order valence-electron chi connectivity index (χ3n) is 4.00. The van der Waals surface area contributed by atoms with E-state index in [0.717, 1.165) is 5.56 Å². The second-order valence-electron chi connectivity index (χ2n) is 6.02. The Morgan fingerprint density at radius 3 is 2.32 bits per heavy atom. The third kappa shape index (κ3) is 6.93. The first-order valence-electron chi connectivity index (χ1n) is 8.50. The van der Waals surface area contributed by atoms with Crippen molar-refractivity contribution in [3.8, 4) is 0 Å². The van der Waals surface area contributed by atoms with Crippen LogP contribution in [0.1, 0.15) is 31.2 Å². The van der Waals surface area contributed by atoms with Crippen LogP contribution < -0.4 is 5.32 Å². The number of ether oxygens (including phenoxy) is 1. The molecule has 0 unspecified atom stereocenters. The van der Waals surface area contributed by atoms with E-state index in [-0.39, 0.29) is 18.2 Å². The van der Waals surface area contributed by atoms with Crippen molar-refractivity contribution < 1.29 is 24.2 Å². The largest absolute Gasteiger partial charge is 0.481 e. The Bertz CT molecular complexity index is 594. The van der Waals surface area contributed by atoms with Gasteiger partial charge in [-0.15, -0.1) is 0 Å². The Kier molecular flexibility index (Phi) is 7.40. The van der Waals surface area contributed by atoms with Gasteiger partial charge >= 0.3 is 5.97 Å². The van der Waals surface area contributed by atoms with Crippen molar-refractivity contribution >= 4 is 23.5 Å². The van der Waals surface area contributed by atoms with E-state index in [1.54, 1.807) is 17.0 Å². The number of hydrogen-bond donors (Lipinski definition) is 2. The molecule has 2 amide bonds. The number of nitrogens with zero attached hydrogens (tertiary/aromatic N) is 1. The van der Waals surface area contributed by atoms with E-state index in [1.807, 2.05) is 12.1 Å². The van der Waals surface area contributed by atoms with E-state index in [4.69, 9.17) is 9.84 Å². The fraction of sp³-hybridized carbons (Fsp3) is 0.500. The lowest BCUT2D eigenvalue weighted by atomic mass is 10.1. The lowest BCUT2D eigenvalue weighted by molar-refractivity contribution is -0.137. The summed E-state index contributed by atoms with van der Waals surface area (Å²) < 4.78 is 5.24. The normalized spacial score (nSPS) is 14.2. The molecule has 0 aliphatic carbocycles. The number of benzene rings is 1. The van der Waals surface area contributed by atoms with Gasteiger partial charge in [-0.3, -0.25) is 14.4 Å². The van der Waals surface area contributed by atoms with Gasteiger partial charge < -0.3 is 20.1 Å². The molecule has 2 rings (SSSR count). The van der Waals surface area contributed by atoms with Crippen molar-refractivity contribution in [1.29, 1.82) is 0 Å². The molecule has 1 heterocycles. The molecular formula is C18H24N2O5. The minimum atomic E-state index is -0.845. The molecule has 0 aromatic heterocycles. The highest BCUT2D eigenvalue weighted by atomic mass is 16.5. The van der Waals surface area contributed by atoms with E-state index < -0.39 is 5.97 Å². The second-order valence-corrected chi connectivity index (χ2v) is 6.02. The molecule has 25 heavy (non-hydrogen) atoms. The lowest BCUT2D eigenvalue weighted by Gasteiger charge is -2.26. The van der Waals surface area contributed by atoms with Crippen molar-refractivity contribution in [1.82, 2.24) is 4.90 Å². The molecule has 7 heteroatoms. The highest BCUT2D eigenvalue weighted by Gasteiger charge is 2.16.